The number of anilines is 2. The first kappa shape index (κ1) is 19.6. The summed E-state index contributed by atoms with van der Waals surface area (Å²) >= 11 is 7.02. The van der Waals surface area contributed by atoms with Crippen molar-refractivity contribution >= 4 is 45.7 Å². The van der Waals surface area contributed by atoms with Gasteiger partial charge >= 0.3 is 6.03 Å². The van der Waals surface area contributed by atoms with Crippen molar-refractivity contribution in [1.82, 2.24) is 10.3 Å². The Balaban J connectivity index is 1.58. The first-order chi connectivity index (χ1) is 13.0. The summed E-state index contributed by atoms with van der Waals surface area (Å²) in [6.07, 6.45) is 6.84. The second kappa shape index (κ2) is 9.19. The van der Waals surface area contributed by atoms with Crippen LogP contribution in [0.25, 0.3) is 0 Å². The number of nitrogens with one attached hydrogen (secondary N) is 3. The van der Waals surface area contributed by atoms with Crippen LogP contribution in [0.1, 0.15) is 53.9 Å². The number of aromatic nitrogens is 1. The second-order valence-electron chi connectivity index (χ2n) is 6.68. The molecular weight excluding hydrogens is 384 g/mol. The second-order valence-corrected chi connectivity index (χ2v) is 8.12. The summed E-state index contributed by atoms with van der Waals surface area (Å²) in [5.74, 6) is -0.108. The number of thiazole rings is 1. The molecule has 144 valence electrons. The standard InChI is InChI=1S/C19H23ClN4O2S/c1-12-16(17(25)22-14-6-4-2-3-5-7-14)27-19(21-12)24-18(26)23-15-10-8-13(20)9-11-15/h8-11,14H,2-7H2,1H3,(H,22,25)(H2,21,23,24,26). The molecule has 0 radical (unpaired) electrons. The van der Waals surface area contributed by atoms with Crippen molar-refractivity contribution in [3.05, 3.63) is 39.9 Å². The highest BCUT2D eigenvalue weighted by molar-refractivity contribution is 7.17. The first-order valence-electron chi connectivity index (χ1n) is 9.13. The zero-order valence-electron chi connectivity index (χ0n) is 15.2. The van der Waals surface area contributed by atoms with E-state index in [4.69, 9.17) is 11.6 Å². The summed E-state index contributed by atoms with van der Waals surface area (Å²) in [5.41, 5.74) is 1.24. The zero-order chi connectivity index (χ0) is 19.2. The van der Waals surface area contributed by atoms with Crippen LogP contribution in [0.15, 0.2) is 24.3 Å². The number of carbonyl (C=O) groups is 2. The van der Waals surface area contributed by atoms with E-state index in [1.54, 1.807) is 31.2 Å². The summed E-state index contributed by atoms with van der Waals surface area (Å²) in [4.78, 5) is 29.6. The largest absolute Gasteiger partial charge is 0.349 e. The molecule has 0 bridgehead atoms. The maximum absolute atomic E-state index is 12.6. The van der Waals surface area contributed by atoms with Gasteiger partial charge in [0.05, 0.1) is 5.69 Å². The van der Waals surface area contributed by atoms with Crippen LogP contribution < -0.4 is 16.0 Å². The van der Waals surface area contributed by atoms with Crippen molar-refractivity contribution < 1.29 is 9.59 Å². The molecular formula is C19H23ClN4O2S. The molecule has 2 aromatic rings. The van der Waals surface area contributed by atoms with Crippen molar-refractivity contribution in [3.63, 3.8) is 0 Å². The molecule has 0 aliphatic heterocycles. The Morgan fingerprint density at radius 2 is 1.74 bits per heavy atom. The number of aryl methyl sites for hydroxylation is 1. The lowest BCUT2D eigenvalue weighted by atomic mass is 10.1. The molecule has 3 amide bonds. The number of nitrogens with zero attached hydrogens (tertiary/aromatic N) is 1. The molecule has 0 atom stereocenters. The van der Waals surface area contributed by atoms with Crippen LogP contribution in [-0.2, 0) is 0 Å². The van der Waals surface area contributed by atoms with Gasteiger partial charge in [-0.25, -0.2) is 9.78 Å². The third-order valence-corrected chi connectivity index (χ3v) is 5.84. The number of rotatable bonds is 4. The van der Waals surface area contributed by atoms with E-state index in [2.05, 4.69) is 20.9 Å². The van der Waals surface area contributed by atoms with Gasteiger partial charge < -0.3 is 10.6 Å². The number of urea groups is 1. The Bertz CT molecular complexity index is 799. The lowest BCUT2D eigenvalue weighted by Crippen LogP contribution is -2.34. The van der Waals surface area contributed by atoms with Gasteiger partial charge in [-0.1, -0.05) is 48.6 Å². The van der Waals surface area contributed by atoms with Crippen LogP contribution in [0.2, 0.25) is 5.02 Å². The van der Waals surface area contributed by atoms with Crippen LogP contribution in [0, 0.1) is 6.92 Å². The van der Waals surface area contributed by atoms with Crippen LogP contribution in [-0.4, -0.2) is 23.0 Å². The number of halogens is 1. The summed E-state index contributed by atoms with van der Waals surface area (Å²) < 4.78 is 0. The quantitative estimate of drug-likeness (QED) is 0.610. The third-order valence-electron chi connectivity index (χ3n) is 4.52. The monoisotopic (exact) mass is 406 g/mol. The van der Waals surface area contributed by atoms with E-state index in [1.165, 1.54) is 24.2 Å². The molecule has 0 saturated heterocycles. The molecule has 1 aromatic carbocycles. The molecule has 27 heavy (non-hydrogen) atoms. The maximum atomic E-state index is 12.6. The summed E-state index contributed by atoms with van der Waals surface area (Å²) in [5, 5.41) is 9.49. The lowest BCUT2D eigenvalue weighted by molar-refractivity contribution is 0.0936. The minimum Gasteiger partial charge on any atom is -0.349 e. The Morgan fingerprint density at radius 1 is 1.07 bits per heavy atom. The fourth-order valence-electron chi connectivity index (χ4n) is 3.13. The van der Waals surface area contributed by atoms with Gasteiger partial charge in [-0.15, -0.1) is 0 Å². The number of hydrogen-bond donors (Lipinski definition) is 3. The number of amides is 3. The van der Waals surface area contributed by atoms with E-state index in [0.29, 0.717) is 26.4 Å². The summed E-state index contributed by atoms with van der Waals surface area (Å²) in [6, 6.07) is 6.62. The van der Waals surface area contributed by atoms with Gasteiger partial charge in [0, 0.05) is 16.8 Å². The van der Waals surface area contributed by atoms with Crippen molar-refractivity contribution in [1.29, 1.82) is 0 Å². The molecule has 3 rings (SSSR count). The topological polar surface area (TPSA) is 83.1 Å². The zero-order valence-corrected chi connectivity index (χ0v) is 16.8. The predicted octanol–water partition coefficient (Wildman–Crippen LogP) is 5.20. The van der Waals surface area contributed by atoms with Gasteiger partial charge in [-0.05, 0) is 44.0 Å². The van der Waals surface area contributed by atoms with Crippen LogP contribution in [0.3, 0.4) is 0 Å². The molecule has 8 heteroatoms. The van der Waals surface area contributed by atoms with Gasteiger partial charge in [0.25, 0.3) is 5.91 Å². The lowest BCUT2D eigenvalue weighted by Gasteiger charge is -2.15. The highest BCUT2D eigenvalue weighted by Crippen LogP contribution is 2.24. The molecule has 1 aliphatic carbocycles. The molecule has 1 aromatic heterocycles. The normalized spacial score (nSPS) is 15.0. The minimum absolute atomic E-state index is 0.108. The molecule has 1 aliphatic rings. The fourth-order valence-corrected chi connectivity index (χ4v) is 4.12. The highest BCUT2D eigenvalue weighted by Gasteiger charge is 2.20. The molecule has 3 N–H and O–H groups in total. The Kier molecular flexibility index (Phi) is 6.68. The summed E-state index contributed by atoms with van der Waals surface area (Å²) in [7, 11) is 0. The van der Waals surface area contributed by atoms with E-state index < -0.39 is 6.03 Å². The van der Waals surface area contributed by atoms with Crippen molar-refractivity contribution in [2.75, 3.05) is 10.6 Å². The van der Waals surface area contributed by atoms with Gasteiger partial charge in [-0.2, -0.15) is 0 Å². The average molecular weight is 407 g/mol. The van der Waals surface area contributed by atoms with Gasteiger partial charge in [0.2, 0.25) is 0 Å². The Morgan fingerprint density at radius 3 is 2.41 bits per heavy atom. The molecule has 1 heterocycles. The number of carbonyl (C=O) groups excluding carboxylic acids is 2. The van der Waals surface area contributed by atoms with Crippen molar-refractivity contribution in [3.8, 4) is 0 Å². The van der Waals surface area contributed by atoms with Crippen molar-refractivity contribution in [2.24, 2.45) is 0 Å². The third kappa shape index (κ3) is 5.68. The number of benzene rings is 1. The van der Waals surface area contributed by atoms with E-state index in [1.807, 2.05) is 0 Å². The first-order valence-corrected chi connectivity index (χ1v) is 10.3. The molecule has 1 fully saturated rings. The smallest absolute Gasteiger partial charge is 0.325 e. The van der Waals surface area contributed by atoms with Crippen LogP contribution in [0.5, 0.6) is 0 Å². The Hall–Kier alpha value is -2.12. The fraction of sp³-hybridized carbons (Fsp3) is 0.421. The van der Waals surface area contributed by atoms with E-state index in [0.717, 1.165) is 25.7 Å². The molecule has 0 spiro atoms. The van der Waals surface area contributed by atoms with Gasteiger partial charge in [0.15, 0.2) is 5.13 Å². The SMILES string of the molecule is Cc1nc(NC(=O)Nc2ccc(Cl)cc2)sc1C(=O)NC1CCCCCC1. The average Bonchev–Trinajstić information content (AvgIpc) is 2.82. The predicted molar refractivity (Wildman–Crippen MR) is 110 cm³/mol. The van der Waals surface area contributed by atoms with Gasteiger partial charge in [0.1, 0.15) is 4.88 Å². The van der Waals surface area contributed by atoms with E-state index in [-0.39, 0.29) is 11.9 Å². The van der Waals surface area contributed by atoms with Crippen LogP contribution >= 0.6 is 22.9 Å². The van der Waals surface area contributed by atoms with Gasteiger partial charge in [-0.3, -0.25) is 10.1 Å². The van der Waals surface area contributed by atoms with Crippen molar-refractivity contribution in [2.45, 2.75) is 51.5 Å². The highest BCUT2D eigenvalue weighted by atomic mass is 35.5. The maximum Gasteiger partial charge on any atom is 0.325 e. The molecule has 6 nitrogen and oxygen atoms in total. The Labute approximate surface area is 167 Å². The molecule has 0 unspecified atom stereocenters. The summed E-state index contributed by atoms with van der Waals surface area (Å²) in [6.45, 7) is 1.78. The van der Waals surface area contributed by atoms with E-state index in [9.17, 15) is 9.59 Å². The molecule has 1 saturated carbocycles. The van der Waals surface area contributed by atoms with Crippen LogP contribution in [0.4, 0.5) is 15.6 Å². The van der Waals surface area contributed by atoms with E-state index >= 15 is 0 Å². The number of hydrogen-bond acceptors (Lipinski definition) is 4. The minimum atomic E-state index is -0.415.